The summed E-state index contributed by atoms with van der Waals surface area (Å²) in [6, 6.07) is 3.32. The van der Waals surface area contributed by atoms with Crippen molar-refractivity contribution in [2.75, 3.05) is 26.2 Å². The molecule has 2 rings (SSSR count). The highest BCUT2D eigenvalue weighted by molar-refractivity contribution is 7.71. The van der Waals surface area contributed by atoms with Gasteiger partial charge in [0.2, 0.25) is 0 Å². The van der Waals surface area contributed by atoms with Crippen molar-refractivity contribution in [2.45, 2.75) is 0 Å². The molecule has 0 aliphatic carbocycles. The number of nitrogens with zero attached hydrogens (tertiary/aromatic N) is 1. The Hall–Kier alpha value is -0.910. The van der Waals surface area contributed by atoms with E-state index in [4.69, 9.17) is 23.8 Å². The Kier molecular flexibility index (Phi) is 3.58. The summed E-state index contributed by atoms with van der Waals surface area (Å²) < 4.78 is 0.517. The van der Waals surface area contributed by atoms with Crippen molar-refractivity contribution < 1.29 is 4.79 Å². The van der Waals surface area contributed by atoms with Crippen molar-refractivity contribution in [2.24, 2.45) is 0 Å². The molecule has 1 aliphatic heterocycles. The van der Waals surface area contributed by atoms with Crippen LogP contribution in [0, 0.1) is 4.64 Å². The minimum Gasteiger partial charge on any atom is -0.341 e. The first-order valence-corrected chi connectivity index (χ1v) is 5.86. The van der Waals surface area contributed by atoms with Crippen LogP contribution in [0.2, 0.25) is 5.02 Å². The number of carbonyl (C=O) groups is 1. The highest BCUT2D eigenvalue weighted by Gasteiger charge is 2.20. The van der Waals surface area contributed by atoms with Crippen molar-refractivity contribution in [3.05, 3.63) is 27.5 Å². The minimum absolute atomic E-state index is 0.0850. The van der Waals surface area contributed by atoms with Gasteiger partial charge in [-0.1, -0.05) is 23.8 Å². The first kappa shape index (κ1) is 11.6. The molecule has 2 N–H and O–H groups in total. The van der Waals surface area contributed by atoms with Crippen molar-refractivity contribution in [1.82, 2.24) is 15.2 Å². The molecular weight excluding hydrogens is 246 g/mol. The second-order valence-electron chi connectivity index (χ2n) is 3.59. The summed E-state index contributed by atoms with van der Waals surface area (Å²) in [7, 11) is 0. The summed E-state index contributed by atoms with van der Waals surface area (Å²) in [6.07, 6.45) is 0. The molecule has 6 heteroatoms. The Morgan fingerprint density at radius 1 is 1.38 bits per heavy atom. The van der Waals surface area contributed by atoms with E-state index in [0.29, 0.717) is 28.4 Å². The fraction of sp³-hybridized carbons (Fsp3) is 0.400. The lowest BCUT2D eigenvalue weighted by Gasteiger charge is -2.27. The molecule has 1 aliphatic rings. The van der Waals surface area contributed by atoms with E-state index in [1.165, 1.54) is 0 Å². The Morgan fingerprint density at radius 2 is 2.06 bits per heavy atom. The molecule has 0 bridgehead atoms. The standard InChI is InChI=1S/C10H12ClN3OS/c11-7-1-2-8(16)13-9(7)10(15)14-5-3-12-4-6-14/h1-2,12H,3-6H2,(H,13,16). The van der Waals surface area contributed by atoms with Crippen molar-refractivity contribution >= 4 is 29.7 Å². The maximum Gasteiger partial charge on any atom is 0.271 e. The van der Waals surface area contributed by atoms with Gasteiger partial charge >= 0.3 is 0 Å². The van der Waals surface area contributed by atoms with Gasteiger partial charge in [0.05, 0.1) is 5.02 Å². The molecule has 0 saturated carbocycles. The fourth-order valence-electron chi connectivity index (χ4n) is 1.64. The molecule has 16 heavy (non-hydrogen) atoms. The number of hydrogen-bond acceptors (Lipinski definition) is 3. The Labute approximate surface area is 104 Å². The molecule has 1 aromatic rings. The van der Waals surface area contributed by atoms with E-state index in [2.05, 4.69) is 10.3 Å². The number of aromatic nitrogens is 1. The predicted molar refractivity (Wildman–Crippen MR) is 65.4 cm³/mol. The van der Waals surface area contributed by atoms with Crippen LogP contribution in [0.25, 0.3) is 0 Å². The van der Waals surface area contributed by atoms with Crippen LogP contribution < -0.4 is 5.32 Å². The van der Waals surface area contributed by atoms with Crippen LogP contribution in [0.4, 0.5) is 0 Å². The van der Waals surface area contributed by atoms with Gasteiger partial charge in [0.15, 0.2) is 0 Å². The van der Waals surface area contributed by atoms with Gasteiger partial charge in [0.25, 0.3) is 5.91 Å². The van der Waals surface area contributed by atoms with Gasteiger partial charge in [-0.2, -0.15) is 0 Å². The summed E-state index contributed by atoms with van der Waals surface area (Å²) in [5, 5.41) is 3.60. The Bertz CT molecular complexity index is 454. The van der Waals surface area contributed by atoms with Gasteiger partial charge in [-0.05, 0) is 12.1 Å². The minimum atomic E-state index is -0.0850. The van der Waals surface area contributed by atoms with Crippen LogP contribution in [0.15, 0.2) is 12.1 Å². The normalized spacial score (nSPS) is 16.2. The number of aromatic amines is 1. The summed E-state index contributed by atoms with van der Waals surface area (Å²) in [6.45, 7) is 3.03. The molecule has 0 unspecified atom stereocenters. The van der Waals surface area contributed by atoms with E-state index < -0.39 is 0 Å². The average molecular weight is 258 g/mol. The largest absolute Gasteiger partial charge is 0.341 e. The Morgan fingerprint density at radius 3 is 2.75 bits per heavy atom. The van der Waals surface area contributed by atoms with Crippen molar-refractivity contribution in [3.8, 4) is 0 Å². The topological polar surface area (TPSA) is 48.1 Å². The van der Waals surface area contributed by atoms with Crippen LogP contribution in [-0.4, -0.2) is 42.0 Å². The summed E-state index contributed by atoms with van der Waals surface area (Å²) >= 11 is 11.0. The molecule has 1 amide bonds. The molecule has 1 saturated heterocycles. The average Bonchev–Trinajstić information content (AvgIpc) is 2.32. The zero-order chi connectivity index (χ0) is 11.5. The highest BCUT2D eigenvalue weighted by atomic mass is 35.5. The maximum atomic E-state index is 12.1. The summed E-state index contributed by atoms with van der Waals surface area (Å²) in [4.78, 5) is 16.7. The molecule has 1 aromatic heterocycles. The van der Waals surface area contributed by atoms with Crippen LogP contribution in [0.1, 0.15) is 10.5 Å². The van der Waals surface area contributed by atoms with Gasteiger partial charge in [0.1, 0.15) is 10.3 Å². The highest BCUT2D eigenvalue weighted by Crippen LogP contribution is 2.15. The number of pyridine rings is 1. The number of halogens is 1. The van der Waals surface area contributed by atoms with Crippen LogP contribution >= 0.6 is 23.8 Å². The molecule has 1 fully saturated rings. The van der Waals surface area contributed by atoms with Gasteiger partial charge in [0, 0.05) is 26.2 Å². The second kappa shape index (κ2) is 4.95. The molecular formula is C10H12ClN3OS. The molecule has 4 nitrogen and oxygen atoms in total. The van der Waals surface area contributed by atoms with Crippen LogP contribution in [0.3, 0.4) is 0 Å². The lowest BCUT2D eigenvalue weighted by atomic mass is 10.3. The molecule has 0 aromatic carbocycles. The number of carbonyl (C=O) groups excluding carboxylic acids is 1. The quantitative estimate of drug-likeness (QED) is 0.749. The number of nitrogens with one attached hydrogen (secondary N) is 2. The third-order valence-corrected chi connectivity index (χ3v) is 3.04. The number of piperazine rings is 1. The molecule has 0 spiro atoms. The number of amides is 1. The van der Waals surface area contributed by atoms with Crippen molar-refractivity contribution in [3.63, 3.8) is 0 Å². The van der Waals surface area contributed by atoms with Gasteiger partial charge in [-0.15, -0.1) is 0 Å². The summed E-state index contributed by atoms with van der Waals surface area (Å²) in [5.74, 6) is -0.0850. The molecule has 2 heterocycles. The van der Waals surface area contributed by atoms with Crippen molar-refractivity contribution in [1.29, 1.82) is 0 Å². The third kappa shape index (κ3) is 2.42. The van der Waals surface area contributed by atoms with E-state index in [1.807, 2.05) is 0 Å². The lowest BCUT2D eigenvalue weighted by Crippen LogP contribution is -2.46. The second-order valence-corrected chi connectivity index (χ2v) is 4.43. The zero-order valence-electron chi connectivity index (χ0n) is 8.62. The van der Waals surface area contributed by atoms with E-state index >= 15 is 0 Å². The fourth-order valence-corrected chi connectivity index (χ4v) is 2.00. The van der Waals surface area contributed by atoms with E-state index in [0.717, 1.165) is 13.1 Å². The molecule has 86 valence electrons. The maximum absolute atomic E-state index is 12.1. The first-order valence-electron chi connectivity index (χ1n) is 5.07. The smallest absolute Gasteiger partial charge is 0.271 e. The molecule has 0 atom stereocenters. The van der Waals surface area contributed by atoms with Gasteiger partial charge < -0.3 is 15.2 Å². The lowest BCUT2D eigenvalue weighted by molar-refractivity contribution is 0.0730. The van der Waals surface area contributed by atoms with Gasteiger partial charge in [-0.25, -0.2) is 0 Å². The Balaban J connectivity index is 2.25. The summed E-state index contributed by atoms with van der Waals surface area (Å²) in [5.41, 5.74) is 0.385. The third-order valence-electron chi connectivity index (χ3n) is 2.49. The number of rotatable bonds is 1. The predicted octanol–water partition coefficient (Wildman–Crippen LogP) is 1.44. The molecule has 0 radical (unpaired) electrons. The van der Waals surface area contributed by atoms with E-state index in [-0.39, 0.29) is 5.91 Å². The zero-order valence-corrected chi connectivity index (χ0v) is 10.2. The van der Waals surface area contributed by atoms with Crippen LogP contribution in [-0.2, 0) is 0 Å². The number of H-pyrrole nitrogens is 1. The number of hydrogen-bond donors (Lipinski definition) is 2. The first-order chi connectivity index (χ1) is 7.68. The van der Waals surface area contributed by atoms with E-state index in [9.17, 15) is 4.79 Å². The van der Waals surface area contributed by atoms with Crippen LogP contribution in [0.5, 0.6) is 0 Å². The monoisotopic (exact) mass is 257 g/mol. The van der Waals surface area contributed by atoms with E-state index in [1.54, 1.807) is 17.0 Å². The SMILES string of the molecule is O=C(c1[nH]c(=S)ccc1Cl)N1CCNCC1. The van der Waals surface area contributed by atoms with Gasteiger partial charge in [-0.3, -0.25) is 4.79 Å².